The zero-order chi connectivity index (χ0) is 11.8. The van der Waals surface area contributed by atoms with Gasteiger partial charge in [-0.3, -0.25) is 0 Å². The van der Waals surface area contributed by atoms with Crippen LogP contribution in [0.15, 0.2) is 12.5 Å². The summed E-state index contributed by atoms with van der Waals surface area (Å²) in [6, 6.07) is 0.501. The molecule has 0 amide bonds. The normalized spacial score (nSPS) is 26.6. The lowest BCUT2D eigenvalue weighted by molar-refractivity contribution is -0.0695. The average molecular weight is 223 g/mol. The van der Waals surface area contributed by atoms with Gasteiger partial charge < -0.3 is 15.0 Å². The summed E-state index contributed by atoms with van der Waals surface area (Å²) in [6.45, 7) is 7.09. The van der Waals surface area contributed by atoms with Crippen LogP contribution in [0.2, 0.25) is 0 Å². The van der Waals surface area contributed by atoms with Gasteiger partial charge in [-0.1, -0.05) is 0 Å². The van der Waals surface area contributed by atoms with Crippen molar-refractivity contribution < 1.29 is 4.74 Å². The maximum atomic E-state index is 5.94. The summed E-state index contributed by atoms with van der Waals surface area (Å²) in [5.41, 5.74) is 7.02. The fourth-order valence-corrected chi connectivity index (χ4v) is 2.41. The number of nitrogens with two attached hydrogens (primary N) is 1. The van der Waals surface area contributed by atoms with E-state index in [2.05, 4.69) is 23.4 Å². The lowest BCUT2D eigenvalue weighted by Gasteiger charge is -2.36. The summed E-state index contributed by atoms with van der Waals surface area (Å²) >= 11 is 0. The van der Waals surface area contributed by atoms with Crippen LogP contribution in [0.5, 0.6) is 0 Å². The van der Waals surface area contributed by atoms with Crippen LogP contribution in [0, 0.1) is 0 Å². The third-order valence-electron chi connectivity index (χ3n) is 3.23. The SMILES string of the molecule is C[C@H](N)c1cncn1C1CCOC(C)(C)C1. The van der Waals surface area contributed by atoms with Gasteiger partial charge in [-0.15, -0.1) is 0 Å². The van der Waals surface area contributed by atoms with Crippen molar-refractivity contribution in [1.82, 2.24) is 9.55 Å². The van der Waals surface area contributed by atoms with Crippen molar-refractivity contribution in [3.63, 3.8) is 0 Å². The molecule has 0 aliphatic carbocycles. The Balaban J connectivity index is 2.20. The maximum Gasteiger partial charge on any atom is 0.0951 e. The van der Waals surface area contributed by atoms with Gasteiger partial charge in [0.1, 0.15) is 0 Å². The minimum absolute atomic E-state index is 0.0356. The molecule has 2 heterocycles. The Labute approximate surface area is 96.8 Å². The highest BCUT2D eigenvalue weighted by Crippen LogP contribution is 2.33. The molecule has 0 saturated carbocycles. The van der Waals surface area contributed by atoms with Crippen LogP contribution < -0.4 is 5.73 Å². The van der Waals surface area contributed by atoms with Gasteiger partial charge in [0.25, 0.3) is 0 Å². The van der Waals surface area contributed by atoms with Crippen molar-refractivity contribution in [2.75, 3.05) is 6.61 Å². The monoisotopic (exact) mass is 223 g/mol. The van der Waals surface area contributed by atoms with Crippen LogP contribution in [0.3, 0.4) is 0 Å². The Morgan fingerprint density at radius 2 is 2.38 bits per heavy atom. The molecule has 4 heteroatoms. The number of imidazole rings is 1. The highest BCUT2D eigenvalue weighted by atomic mass is 16.5. The molecule has 2 atom stereocenters. The third-order valence-corrected chi connectivity index (χ3v) is 3.23. The zero-order valence-corrected chi connectivity index (χ0v) is 10.3. The van der Waals surface area contributed by atoms with Crippen molar-refractivity contribution in [3.8, 4) is 0 Å². The van der Waals surface area contributed by atoms with E-state index in [4.69, 9.17) is 10.5 Å². The summed E-state index contributed by atoms with van der Waals surface area (Å²) in [5.74, 6) is 0. The molecular weight excluding hydrogens is 202 g/mol. The molecule has 0 spiro atoms. The molecule has 16 heavy (non-hydrogen) atoms. The quantitative estimate of drug-likeness (QED) is 0.834. The first-order chi connectivity index (χ1) is 7.49. The lowest BCUT2D eigenvalue weighted by Crippen LogP contribution is -2.35. The fourth-order valence-electron chi connectivity index (χ4n) is 2.41. The molecule has 0 radical (unpaired) electrons. The van der Waals surface area contributed by atoms with Gasteiger partial charge in [0.15, 0.2) is 0 Å². The molecule has 0 bridgehead atoms. The number of ether oxygens (including phenoxy) is 1. The maximum absolute atomic E-state index is 5.94. The molecule has 4 nitrogen and oxygen atoms in total. The van der Waals surface area contributed by atoms with Crippen molar-refractivity contribution in [2.24, 2.45) is 5.73 Å². The van der Waals surface area contributed by atoms with E-state index in [0.717, 1.165) is 25.1 Å². The van der Waals surface area contributed by atoms with E-state index in [1.165, 1.54) is 0 Å². The molecule has 1 aromatic heterocycles. The molecule has 2 rings (SSSR count). The fraction of sp³-hybridized carbons (Fsp3) is 0.750. The molecule has 1 aliphatic heterocycles. The number of nitrogens with zero attached hydrogens (tertiary/aromatic N) is 2. The molecular formula is C12H21N3O. The second-order valence-corrected chi connectivity index (χ2v) is 5.27. The molecule has 1 aromatic rings. The smallest absolute Gasteiger partial charge is 0.0951 e. The van der Waals surface area contributed by atoms with Crippen LogP contribution in [0.25, 0.3) is 0 Å². The van der Waals surface area contributed by atoms with E-state index in [9.17, 15) is 0 Å². The Kier molecular flexibility index (Phi) is 3.04. The highest BCUT2D eigenvalue weighted by molar-refractivity contribution is 5.05. The van der Waals surface area contributed by atoms with E-state index in [1.54, 1.807) is 0 Å². The zero-order valence-electron chi connectivity index (χ0n) is 10.3. The second kappa shape index (κ2) is 4.18. The van der Waals surface area contributed by atoms with Gasteiger partial charge in [-0.05, 0) is 33.6 Å². The number of hydrogen-bond acceptors (Lipinski definition) is 3. The van der Waals surface area contributed by atoms with Crippen LogP contribution in [-0.2, 0) is 4.74 Å². The van der Waals surface area contributed by atoms with Crippen LogP contribution >= 0.6 is 0 Å². The Hall–Kier alpha value is -0.870. The van der Waals surface area contributed by atoms with Gasteiger partial charge >= 0.3 is 0 Å². The molecule has 0 aromatic carbocycles. The molecule has 1 aliphatic rings. The predicted octanol–water partition coefficient (Wildman–Crippen LogP) is 2.03. The Bertz CT molecular complexity index is 357. The third kappa shape index (κ3) is 2.28. The molecule has 1 fully saturated rings. The molecule has 1 unspecified atom stereocenters. The van der Waals surface area contributed by atoms with Crippen molar-refractivity contribution >= 4 is 0 Å². The first-order valence-electron chi connectivity index (χ1n) is 5.91. The predicted molar refractivity (Wildman–Crippen MR) is 63.1 cm³/mol. The first-order valence-corrected chi connectivity index (χ1v) is 5.91. The van der Waals surface area contributed by atoms with E-state index >= 15 is 0 Å². The lowest BCUT2D eigenvalue weighted by atomic mass is 9.93. The number of rotatable bonds is 2. The summed E-state index contributed by atoms with van der Waals surface area (Å²) in [5, 5.41) is 0. The summed E-state index contributed by atoms with van der Waals surface area (Å²) in [4.78, 5) is 4.21. The van der Waals surface area contributed by atoms with Crippen LogP contribution in [0.1, 0.15) is 51.4 Å². The first kappa shape index (κ1) is 11.6. The van der Waals surface area contributed by atoms with Gasteiger partial charge in [-0.25, -0.2) is 4.98 Å². The van der Waals surface area contributed by atoms with Crippen molar-refractivity contribution in [1.29, 1.82) is 0 Å². The minimum Gasteiger partial charge on any atom is -0.375 e. The van der Waals surface area contributed by atoms with E-state index in [-0.39, 0.29) is 11.6 Å². The molecule has 2 N–H and O–H groups in total. The molecule has 1 saturated heterocycles. The summed E-state index contributed by atoms with van der Waals surface area (Å²) < 4.78 is 7.95. The number of aromatic nitrogens is 2. The van der Waals surface area contributed by atoms with Gasteiger partial charge in [0.2, 0.25) is 0 Å². The molecule has 90 valence electrons. The second-order valence-electron chi connectivity index (χ2n) is 5.27. The minimum atomic E-state index is -0.0394. The van der Waals surface area contributed by atoms with E-state index < -0.39 is 0 Å². The topological polar surface area (TPSA) is 53.1 Å². The van der Waals surface area contributed by atoms with Gasteiger partial charge in [-0.2, -0.15) is 0 Å². The largest absolute Gasteiger partial charge is 0.375 e. The van der Waals surface area contributed by atoms with Crippen LogP contribution in [-0.4, -0.2) is 21.8 Å². The van der Waals surface area contributed by atoms with Gasteiger partial charge in [0.05, 0.1) is 17.6 Å². The van der Waals surface area contributed by atoms with E-state index in [1.807, 2.05) is 19.4 Å². The number of hydrogen-bond donors (Lipinski definition) is 1. The highest BCUT2D eigenvalue weighted by Gasteiger charge is 2.30. The van der Waals surface area contributed by atoms with Crippen LogP contribution in [0.4, 0.5) is 0 Å². The van der Waals surface area contributed by atoms with E-state index in [0.29, 0.717) is 6.04 Å². The van der Waals surface area contributed by atoms with Gasteiger partial charge in [0, 0.05) is 24.9 Å². The summed E-state index contributed by atoms with van der Waals surface area (Å²) in [6.07, 6.45) is 5.82. The van der Waals surface area contributed by atoms with Crippen molar-refractivity contribution in [3.05, 3.63) is 18.2 Å². The Morgan fingerprint density at radius 1 is 1.62 bits per heavy atom. The van der Waals surface area contributed by atoms with Crippen molar-refractivity contribution in [2.45, 2.75) is 51.3 Å². The standard InChI is InChI=1S/C12H21N3O/c1-9(13)11-7-14-8-15(11)10-4-5-16-12(2,3)6-10/h7-10H,4-6,13H2,1-3H3/t9-,10?/m0/s1. The summed E-state index contributed by atoms with van der Waals surface area (Å²) in [7, 11) is 0. The Morgan fingerprint density at radius 3 is 3.00 bits per heavy atom. The average Bonchev–Trinajstić information content (AvgIpc) is 2.64.